The lowest BCUT2D eigenvalue weighted by atomic mass is 9.95. The Labute approximate surface area is 236 Å². The van der Waals surface area contributed by atoms with E-state index in [-0.39, 0.29) is 12.5 Å². The summed E-state index contributed by atoms with van der Waals surface area (Å²) in [6.45, 7) is 5.68. The molecule has 5 rings (SSSR count). The maximum Gasteiger partial charge on any atom is 0.343 e. The maximum atomic E-state index is 13.5. The average Bonchev–Trinajstić information content (AvgIpc) is 3.02. The first-order valence-corrected chi connectivity index (χ1v) is 14.3. The van der Waals surface area contributed by atoms with Gasteiger partial charge in [-0.25, -0.2) is 4.79 Å². The smallest absolute Gasteiger partial charge is 0.343 e. The van der Waals surface area contributed by atoms with Gasteiger partial charge in [-0.3, -0.25) is 4.79 Å². The third-order valence-electron chi connectivity index (χ3n) is 7.88. The van der Waals surface area contributed by atoms with E-state index >= 15 is 0 Å². The summed E-state index contributed by atoms with van der Waals surface area (Å²) >= 11 is 0. The van der Waals surface area contributed by atoms with E-state index in [2.05, 4.69) is 27.1 Å². The zero-order valence-electron chi connectivity index (χ0n) is 23.3. The number of methoxy groups -OCH3 is 1. The molecule has 1 N–H and O–H groups in total. The quantitative estimate of drug-likeness (QED) is 0.297. The van der Waals surface area contributed by atoms with E-state index in [1.807, 2.05) is 41.3 Å². The van der Waals surface area contributed by atoms with E-state index in [1.54, 1.807) is 12.1 Å². The number of benzene rings is 3. The Balaban J connectivity index is 1.13. The Bertz CT molecular complexity index is 1280. The summed E-state index contributed by atoms with van der Waals surface area (Å²) in [4.78, 5) is 29.3. The molecule has 0 aromatic heterocycles. The minimum atomic E-state index is -0.452. The first-order chi connectivity index (χ1) is 19.6. The number of fused-ring (bicyclic) bond motifs is 1. The second kappa shape index (κ2) is 13.5. The lowest BCUT2D eigenvalue weighted by molar-refractivity contribution is -0.142. The highest BCUT2D eigenvalue weighted by Gasteiger charge is 2.24. The van der Waals surface area contributed by atoms with Crippen LogP contribution in [-0.4, -0.2) is 76.4 Å². The SMILES string of the molecule is COC(=O)COc1ccc(C(=O)N2CCN(c3ccc(OCCCC4CCCNC4)cc3)CC2)c2ccccc12. The first kappa shape index (κ1) is 27.8. The van der Waals surface area contributed by atoms with Gasteiger partial charge in [0.2, 0.25) is 0 Å². The molecule has 2 aliphatic heterocycles. The minimum Gasteiger partial charge on any atom is -0.494 e. The molecule has 0 bridgehead atoms. The molecule has 2 heterocycles. The number of carbonyl (C=O) groups excluding carboxylic acids is 2. The van der Waals surface area contributed by atoms with Crippen molar-refractivity contribution in [3.8, 4) is 11.5 Å². The Morgan fingerprint density at radius 1 is 0.925 bits per heavy atom. The molecule has 0 radical (unpaired) electrons. The van der Waals surface area contributed by atoms with Crippen LogP contribution in [0.25, 0.3) is 10.8 Å². The van der Waals surface area contributed by atoms with Gasteiger partial charge in [-0.1, -0.05) is 24.3 Å². The summed E-state index contributed by atoms with van der Waals surface area (Å²) in [7, 11) is 1.33. The molecule has 3 aromatic rings. The van der Waals surface area contributed by atoms with Crippen LogP contribution in [0.15, 0.2) is 60.7 Å². The van der Waals surface area contributed by atoms with Gasteiger partial charge >= 0.3 is 5.97 Å². The van der Waals surface area contributed by atoms with Crippen molar-refractivity contribution in [3.05, 3.63) is 66.2 Å². The average molecular weight is 546 g/mol. The number of rotatable bonds is 10. The summed E-state index contributed by atoms with van der Waals surface area (Å²) in [6, 6.07) is 19.5. The maximum absolute atomic E-state index is 13.5. The number of piperazine rings is 1. The van der Waals surface area contributed by atoms with Crippen LogP contribution in [0.3, 0.4) is 0 Å². The predicted molar refractivity (Wildman–Crippen MR) is 156 cm³/mol. The molecule has 8 nitrogen and oxygen atoms in total. The number of ether oxygens (including phenoxy) is 3. The molecule has 0 aliphatic carbocycles. The zero-order valence-corrected chi connectivity index (χ0v) is 23.3. The van der Waals surface area contributed by atoms with Gasteiger partial charge in [0.05, 0.1) is 13.7 Å². The Hall–Kier alpha value is -3.78. The molecule has 2 aliphatic rings. The highest BCUT2D eigenvalue weighted by atomic mass is 16.6. The number of amides is 1. The molecule has 0 saturated carbocycles. The fourth-order valence-corrected chi connectivity index (χ4v) is 5.60. The third kappa shape index (κ3) is 6.86. The van der Waals surface area contributed by atoms with E-state index < -0.39 is 5.97 Å². The monoisotopic (exact) mass is 545 g/mol. The van der Waals surface area contributed by atoms with Crippen molar-refractivity contribution in [2.75, 3.05) is 64.5 Å². The van der Waals surface area contributed by atoms with Crippen LogP contribution in [0.5, 0.6) is 11.5 Å². The van der Waals surface area contributed by atoms with E-state index in [1.165, 1.54) is 26.4 Å². The molecule has 1 amide bonds. The molecule has 40 heavy (non-hydrogen) atoms. The zero-order chi connectivity index (χ0) is 27.7. The standard InChI is InChI=1S/C32H39N3O5/c1-38-31(36)23-40-30-15-14-29(27-8-2-3-9-28(27)30)32(37)35-19-17-34(18-20-35)25-10-12-26(13-11-25)39-21-5-7-24-6-4-16-33-22-24/h2-3,8-15,24,33H,4-7,16-23H2,1H3. The van der Waals surface area contributed by atoms with Gasteiger partial charge in [-0.2, -0.15) is 0 Å². The van der Waals surface area contributed by atoms with Gasteiger partial charge in [0.1, 0.15) is 11.5 Å². The van der Waals surface area contributed by atoms with Gasteiger partial charge < -0.3 is 29.3 Å². The highest BCUT2D eigenvalue weighted by Crippen LogP contribution is 2.30. The lowest BCUT2D eigenvalue weighted by Crippen LogP contribution is -2.48. The van der Waals surface area contributed by atoms with Crippen LogP contribution in [0.1, 0.15) is 36.0 Å². The van der Waals surface area contributed by atoms with Crippen molar-refractivity contribution in [1.82, 2.24) is 10.2 Å². The number of hydrogen-bond donors (Lipinski definition) is 1. The largest absolute Gasteiger partial charge is 0.494 e. The summed E-state index contributed by atoms with van der Waals surface area (Å²) < 4.78 is 16.3. The van der Waals surface area contributed by atoms with Crippen LogP contribution < -0.4 is 19.7 Å². The fraction of sp³-hybridized carbons (Fsp3) is 0.438. The Morgan fingerprint density at radius 3 is 2.42 bits per heavy atom. The van der Waals surface area contributed by atoms with Crippen LogP contribution in [0.4, 0.5) is 5.69 Å². The summed E-state index contributed by atoms with van der Waals surface area (Å²) in [5.41, 5.74) is 1.78. The fourth-order valence-electron chi connectivity index (χ4n) is 5.60. The molecule has 0 spiro atoms. The molecule has 1 atom stereocenters. The number of carbonyl (C=O) groups is 2. The lowest BCUT2D eigenvalue weighted by Gasteiger charge is -2.36. The van der Waals surface area contributed by atoms with Crippen LogP contribution in [0, 0.1) is 5.92 Å². The molecular weight excluding hydrogens is 506 g/mol. The van der Waals surface area contributed by atoms with Crippen LogP contribution in [-0.2, 0) is 9.53 Å². The molecule has 2 fully saturated rings. The second-order valence-electron chi connectivity index (χ2n) is 10.5. The number of esters is 1. The van der Waals surface area contributed by atoms with Crippen LogP contribution in [0.2, 0.25) is 0 Å². The molecule has 2 saturated heterocycles. The van der Waals surface area contributed by atoms with E-state index in [4.69, 9.17) is 9.47 Å². The topological polar surface area (TPSA) is 80.3 Å². The molecule has 3 aromatic carbocycles. The predicted octanol–water partition coefficient (Wildman–Crippen LogP) is 4.51. The van der Waals surface area contributed by atoms with Crippen LogP contribution >= 0.6 is 0 Å². The van der Waals surface area contributed by atoms with Gasteiger partial charge in [0.15, 0.2) is 6.61 Å². The van der Waals surface area contributed by atoms with Crippen molar-refractivity contribution in [3.63, 3.8) is 0 Å². The molecule has 8 heteroatoms. The van der Waals surface area contributed by atoms with Gasteiger partial charge in [0.25, 0.3) is 5.91 Å². The Kier molecular flexibility index (Phi) is 9.39. The number of piperidine rings is 1. The minimum absolute atomic E-state index is 0.00289. The van der Waals surface area contributed by atoms with Crippen molar-refractivity contribution in [1.29, 1.82) is 0 Å². The van der Waals surface area contributed by atoms with Gasteiger partial charge in [-0.15, -0.1) is 0 Å². The number of anilines is 1. The molecule has 212 valence electrons. The number of nitrogens with one attached hydrogen (secondary N) is 1. The summed E-state index contributed by atoms with van der Waals surface area (Å²) in [5.74, 6) is 1.80. The van der Waals surface area contributed by atoms with Crippen molar-refractivity contribution < 1.29 is 23.8 Å². The number of hydrogen-bond acceptors (Lipinski definition) is 7. The second-order valence-corrected chi connectivity index (χ2v) is 10.5. The van der Waals surface area contributed by atoms with Crippen molar-refractivity contribution >= 4 is 28.3 Å². The first-order valence-electron chi connectivity index (χ1n) is 14.3. The van der Waals surface area contributed by atoms with E-state index in [0.29, 0.717) is 24.4 Å². The Morgan fingerprint density at radius 2 is 1.70 bits per heavy atom. The highest BCUT2D eigenvalue weighted by molar-refractivity contribution is 6.08. The number of nitrogens with zero attached hydrogens (tertiary/aromatic N) is 2. The summed E-state index contributed by atoms with van der Waals surface area (Å²) in [6.07, 6.45) is 4.92. The van der Waals surface area contributed by atoms with Crippen molar-refractivity contribution in [2.24, 2.45) is 5.92 Å². The van der Waals surface area contributed by atoms with Gasteiger partial charge in [0, 0.05) is 42.8 Å². The van der Waals surface area contributed by atoms with E-state index in [0.717, 1.165) is 67.3 Å². The molecule has 1 unspecified atom stereocenters. The van der Waals surface area contributed by atoms with Crippen molar-refractivity contribution in [2.45, 2.75) is 25.7 Å². The molecular formula is C32H39N3O5. The summed E-state index contributed by atoms with van der Waals surface area (Å²) in [5, 5.41) is 5.09. The third-order valence-corrected chi connectivity index (χ3v) is 7.88. The normalized spacial score (nSPS) is 17.5. The van der Waals surface area contributed by atoms with Gasteiger partial charge in [-0.05, 0) is 86.5 Å². The van der Waals surface area contributed by atoms with E-state index in [9.17, 15) is 9.59 Å².